The van der Waals surface area contributed by atoms with Gasteiger partial charge in [0, 0.05) is 11.8 Å². The van der Waals surface area contributed by atoms with Gasteiger partial charge in [-0.2, -0.15) is 0 Å². The molecule has 2 atom stereocenters. The van der Waals surface area contributed by atoms with Gasteiger partial charge in [0.2, 0.25) is 0 Å². The van der Waals surface area contributed by atoms with E-state index in [1.54, 1.807) is 0 Å². The minimum absolute atomic E-state index is 0.137. The highest BCUT2D eigenvalue weighted by molar-refractivity contribution is 5.97. The van der Waals surface area contributed by atoms with Crippen LogP contribution in [0.3, 0.4) is 0 Å². The van der Waals surface area contributed by atoms with Gasteiger partial charge in [-0.3, -0.25) is 9.59 Å². The number of carbonyl (C=O) groups excluding carboxylic acids is 2. The highest BCUT2D eigenvalue weighted by atomic mass is 16.5. The maximum Gasteiger partial charge on any atom is 0.311 e. The van der Waals surface area contributed by atoms with Crippen molar-refractivity contribution in [3.63, 3.8) is 0 Å². The second kappa shape index (κ2) is 8.20. The molecule has 1 aromatic carbocycles. The molecule has 1 saturated carbocycles. The summed E-state index contributed by atoms with van der Waals surface area (Å²) in [6, 6.07) is 10.1. The van der Waals surface area contributed by atoms with E-state index in [-0.39, 0.29) is 23.3 Å². The Hall–Kier alpha value is -1.94. The summed E-state index contributed by atoms with van der Waals surface area (Å²) in [4.78, 5) is 25.0. The SMILES string of the molecule is CC(C)(C)C(=O)O[C@@H]1CCC2=C(CCOCc3ccccc3)C(=O)CC[C@]21C. The predicted octanol–water partition coefficient (Wildman–Crippen LogP) is 5.01. The first-order chi connectivity index (χ1) is 13.2. The molecule has 0 spiro atoms. The summed E-state index contributed by atoms with van der Waals surface area (Å²) < 4.78 is 11.7. The largest absolute Gasteiger partial charge is 0.461 e. The van der Waals surface area contributed by atoms with Crippen LogP contribution in [0.2, 0.25) is 0 Å². The molecule has 0 radical (unpaired) electrons. The van der Waals surface area contributed by atoms with Gasteiger partial charge in [0.05, 0.1) is 18.6 Å². The van der Waals surface area contributed by atoms with Crippen LogP contribution in [0, 0.1) is 10.8 Å². The lowest BCUT2D eigenvalue weighted by atomic mass is 9.70. The zero-order chi connectivity index (χ0) is 20.4. The van der Waals surface area contributed by atoms with Crippen LogP contribution in [-0.2, 0) is 25.7 Å². The molecule has 1 aromatic rings. The number of hydrogen-bond acceptors (Lipinski definition) is 4. The molecule has 4 heteroatoms. The second-order valence-electron chi connectivity index (χ2n) is 9.27. The third kappa shape index (κ3) is 4.38. The van der Waals surface area contributed by atoms with Crippen molar-refractivity contribution in [2.75, 3.05) is 6.61 Å². The molecule has 0 heterocycles. The fourth-order valence-corrected chi connectivity index (χ4v) is 4.30. The number of esters is 1. The quantitative estimate of drug-likeness (QED) is 0.511. The molecule has 0 N–H and O–H groups in total. The molecule has 0 bridgehead atoms. The average Bonchev–Trinajstić information content (AvgIpc) is 2.97. The van der Waals surface area contributed by atoms with Gasteiger partial charge in [-0.1, -0.05) is 42.8 Å². The van der Waals surface area contributed by atoms with E-state index < -0.39 is 5.41 Å². The smallest absolute Gasteiger partial charge is 0.311 e. The highest BCUT2D eigenvalue weighted by Crippen LogP contribution is 2.52. The first-order valence-corrected chi connectivity index (χ1v) is 10.3. The molecule has 3 rings (SSSR count). The molecule has 152 valence electrons. The summed E-state index contributed by atoms with van der Waals surface area (Å²) in [7, 11) is 0. The van der Waals surface area contributed by atoms with Gasteiger partial charge in [-0.15, -0.1) is 0 Å². The fraction of sp³-hybridized carbons (Fsp3) is 0.583. The first-order valence-electron chi connectivity index (χ1n) is 10.3. The number of carbonyl (C=O) groups is 2. The molecule has 0 aliphatic heterocycles. The van der Waals surface area contributed by atoms with Crippen LogP contribution in [-0.4, -0.2) is 24.5 Å². The standard InChI is InChI=1S/C24H32O4/c1-23(2,3)22(26)28-21-11-10-19-18(20(25)12-14-24(19,21)4)13-15-27-16-17-8-6-5-7-9-17/h5-9,21H,10-16H2,1-4H3/t21-,24-/m1/s1. The maximum absolute atomic E-state index is 12.6. The Labute approximate surface area is 168 Å². The Morgan fingerprint density at radius 3 is 2.57 bits per heavy atom. The Morgan fingerprint density at radius 1 is 1.18 bits per heavy atom. The van der Waals surface area contributed by atoms with E-state index in [0.29, 0.717) is 26.1 Å². The fourth-order valence-electron chi connectivity index (χ4n) is 4.30. The molecule has 0 saturated heterocycles. The van der Waals surface area contributed by atoms with Crippen LogP contribution in [0.4, 0.5) is 0 Å². The lowest BCUT2D eigenvalue weighted by Crippen LogP contribution is -2.39. The molecule has 28 heavy (non-hydrogen) atoms. The van der Waals surface area contributed by atoms with Crippen molar-refractivity contribution in [2.45, 2.75) is 72.5 Å². The number of fused-ring (bicyclic) bond motifs is 1. The van der Waals surface area contributed by atoms with Crippen molar-refractivity contribution >= 4 is 11.8 Å². The molecular formula is C24H32O4. The highest BCUT2D eigenvalue weighted by Gasteiger charge is 2.49. The van der Waals surface area contributed by atoms with Gasteiger partial charge in [0.25, 0.3) is 0 Å². The van der Waals surface area contributed by atoms with Gasteiger partial charge >= 0.3 is 5.97 Å². The third-order valence-electron chi connectivity index (χ3n) is 6.10. The van der Waals surface area contributed by atoms with Crippen molar-refractivity contribution < 1.29 is 19.1 Å². The Kier molecular flexibility index (Phi) is 6.09. The van der Waals surface area contributed by atoms with Gasteiger partial charge in [-0.05, 0) is 57.6 Å². The van der Waals surface area contributed by atoms with Crippen LogP contribution < -0.4 is 0 Å². The molecule has 2 aliphatic rings. The molecule has 0 aromatic heterocycles. The summed E-state index contributed by atoms with van der Waals surface area (Å²) in [5.41, 5.74) is 2.51. The Morgan fingerprint density at radius 2 is 1.89 bits per heavy atom. The lowest BCUT2D eigenvalue weighted by molar-refractivity contribution is -0.163. The van der Waals surface area contributed by atoms with E-state index in [9.17, 15) is 9.59 Å². The van der Waals surface area contributed by atoms with E-state index in [2.05, 4.69) is 6.92 Å². The van der Waals surface area contributed by atoms with Crippen LogP contribution in [0.15, 0.2) is 41.5 Å². The molecule has 4 nitrogen and oxygen atoms in total. The Bertz CT molecular complexity index is 757. The summed E-state index contributed by atoms with van der Waals surface area (Å²) in [5, 5.41) is 0. The minimum atomic E-state index is -0.512. The van der Waals surface area contributed by atoms with Crippen LogP contribution in [0.25, 0.3) is 0 Å². The maximum atomic E-state index is 12.6. The van der Waals surface area contributed by atoms with Crippen molar-refractivity contribution in [3.8, 4) is 0 Å². The minimum Gasteiger partial charge on any atom is -0.461 e. The van der Waals surface area contributed by atoms with Gasteiger partial charge < -0.3 is 9.47 Å². The van der Waals surface area contributed by atoms with Gasteiger partial charge in [-0.25, -0.2) is 0 Å². The lowest BCUT2D eigenvalue weighted by Gasteiger charge is -2.37. The van der Waals surface area contributed by atoms with E-state index in [4.69, 9.17) is 9.47 Å². The molecule has 0 amide bonds. The summed E-state index contributed by atoms with van der Waals surface area (Å²) in [5.74, 6) is 0.0724. The van der Waals surface area contributed by atoms with Crippen LogP contribution >= 0.6 is 0 Å². The zero-order valence-electron chi connectivity index (χ0n) is 17.5. The third-order valence-corrected chi connectivity index (χ3v) is 6.10. The summed E-state index contributed by atoms with van der Waals surface area (Å²) in [6.45, 7) is 8.88. The van der Waals surface area contributed by atoms with E-state index in [1.807, 2.05) is 51.1 Å². The van der Waals surface area contributed by atoms with Crippen LogP contribution in [0.1, 0.15) is 65.4 Å². The number of ketones is 1. The number of benzene rings is 1. The normalized spacial score (nSPS) is 25.0. The Balaban J connectivity index is 1.67. The predicted molar refractivity (Wildman–Crippen MR) is 109 cm³/mol. The summed E-state index contributed by atoms with van der Waals surface area (Å²) in [6.07, 6.45) is 3.42. The number of rotatable bonds is 6. The van der Waals surface area contributed by atoms with Gasteiger partial charge in [0.15, 0.2) is 5.78 Å². The average molecular weight is 385 g/mol. The van der Waals surface area contributed by atoms with Crippen molar-refractivity contribution in [1.82, 2.24) is 0 Å². The van der Waals surface area contributed by atoms with E-state index in [0.717, 1.165) is 30.4 Å². The monoisotopic (exact) mass is 384 g/mol. The summed E-state index contributed by atoms with van der Waals surface area (Å²) >= 11 is 0. The van der Waals surface area contributed by atoms with E-state index >= 15 is 0 Å². The van der Waals surface area contributed by atoms with Crippen molar-refractivity contribution in [2.24, 2.45) is 10.8 Å². The van der Waals surface area contributed by atoms with E-state index in [1.165, 1.54) is 5.57 Å². The molecular weight excluding hydrogens is 352 g/mol. The second-order valence-corrected chi connectivity index (χ2v) is 9.27. The number of Topliss-reactive ketones (excluding diaryl/α,β-unsaturated/α-hetero) is 1. The number of ether oxygens (including phenoxy) is 2. The molecule has 1 fully saturated rings. The number of hydrogen-bond donors (Lipinski definition) is 0. The van der Waals surface area contributed by atoms with Gasteiger partial charge in [0.1, 0.15) is 6.10 Å². The zero-order valence-corrected chi connectivity index (χ0v) is 17.5. The van der Waals surface area contributed by atoms with Crippen molar-refractivity contribution in [1.29, 1.82) is 0 Å². The van der Waals surface area contributed by atoms with Crippen molar-refractivity contribution in [3.05, 3.63) is 47.0 Å². The van der Waals surface area contributed by atoms with Crippen LogP contribution in [0.5, 0.6) is 0 Å². The molecule has 0 unspecified atom stereocenters. The topological polar surface area (TPSA) is 52.6 Å². The molecule has 2 aliphatic carbocycles. The first kappa shape index (κ1) is 20.8.